The third kappa shape index (κ3) is 4.11. The number of nitrogens with zero attached hydrogens (tertiary/aromatic N) is 1. The molecule has 2 aromatic rings. The molecule has 2 atom stereocenters. The molecule has 20 heavy (non-hydrogen) atoms. The molecule has 0 bridgehead atoms. The Bertz CT molecular complexity index is 515. The van der Waals surface area contributed by atoms with E-state index in [9.17, 15) is 0 Å². The summed E-state index contributed by atoms with van der Waals surface area (Å²) in [6, 6.07) is 10.4. The molecule has 0 saturated carbocycles. The molecule has 4 nitrogen and oxygen atoms in total. The predicted molar refractivity (Wildman–Crippen MR) is 83.5 cm³/mol. The average molecular weight is 291 g/mol. The lowest BCUT2D eigenvalue weighted by atomic mass is 10.1. The highest BCUT2D eigenvalue weighted by Gasteiger charge is 2.14. The lowest BCUT2D eigenvalue weighted by Gasteiger charge is -2.18. The van der Waals surface area contributed by atoms with E-state index in [0.29, 0.717) is 0 Å². The molecule has 0 aliphatic carbocycles. The zero-order chi connectivity index (χ0) is 14.4. The minimum Gasteiger partial charge on any atom is -0.382 e. The molecule has 0 spiro atoms. The van der Waals surface area contributed by atoms with Gasteiger partial charge in [0.25, 0.3) is 0 Å². The Kier molecular flexibility index (Phi) is 5.67. The third-order valence-electron chi connectivity index (χ3n) is 3.30. The topological polar surface area (TPSA) is 60.2 Å². The van der Waals surface area contributed by atoms with Gasteiger partial charge in [-0.15, -0.1) is 11.3 Å². The Balaban J connectivity index is 2.01. The van der Waals surface area contributed by atoms with Gasteiger partial charge in [-0.1, -0.05) is 30.3 Å². The number of hydrazine groups is 1. The second-order valence-electron chi connectivity index (χ2n) is 4.84. The summed E-state index contributed by atoms with van der Waals surface area (Å²) in [6.45, 7) is 2.04. The van der Waals surface area contributed by atoms with Crippen molar-refractivity contribution in [2.45, 2.75) is 31.9 Å². The van der Waals surface area contributed by atoms with Crippen molar-refractivity contribution in [2.75, 3.05) is 7.11 Å². The Morgan fingerprint density at radius 3 is 2.75 bits per heavy atom. The molecular weight excluding hydrogens is 270 g/mol. The number of methoxy groups -OCH3 is 1. The number of ether oxygens (including phenoxy) is 1. The summed E-state index contributed by atoms with van der Waals surface area (Å²) in [6.07, 6.45) is 1.87. The minimum atomic E-state index is 0.180. The van der Waals surface area contributed by atoms with E-state index < -0.39 is 0 Å². The van der Waals surface area contributed by atoms with Gasteiger partial charge in [0.05, 0.1) is 16.8 Å². The molecule has 0 aliphatic rings. The number of aromatic nitrogens is 1. The molecule has 0 aliphatic heterocycles. The molecule has 1 aromatic heterocycles. The molecule has 0 fully saturated rings. The van der Waals surface area contributed by atoms with E-state index in [4.69, 9.17) is 10.6 Å². The van der Waals surface area contributed by atoms with Crippen LogP contribution in [0.4, 0.5) is 0 Å². The van der Waals surface area contributed by atoms with Crippen LogP contribution in [0.5, 0.6) is 0 Å². The molecule has 5 heteroatoms. The molecule has 0 saturated heterocycles. The van der Waals surface area contributed by atoms with Crippen LogP contribution in [0.1, 0.15) is 18.4 Å². The smallest absolute Gasteiger partial charge is 0.0948 e. The van der Waals surface area contributed by atoms with Crippen LogP contribution in [0.15, 0.2) is 35.7 Å². The van der Waals surface area contributed by atoms with Crippen LogP contribution >= 0.6 is 11.3 Å². The molecule has 0 amide bonds. The number of benzene rings is 1. The second-order valence-corrected chi connectivity index (χ2v) is 5.78. The van der Waals surface area contributed by atoms with Gasteiger partial charge in [0.1, 0.15) is 0 Å². The highest BCUT2D eigenvalue weighted by Crippen LogP contribution is 2.22. The highest BCUT2D eigenvalue weighted by atomic mass is 32.1. The fourth-order valence-electron chi connectivity index (χ4n) is 2.06. The maximum absolute atomic E-state index is 5.61. The van der Waals surface area contributed by atoms with Crippen LogP contribution in [0.3, 0.4) is 0 Å². The van der Waals surface area contributed by atoms with Crippen molar-refractivity contribution in [1.29, 1.82) is 0 Å². The number of hydrogen-bond acceptors (Lipinski definition) is 5. The lowest BCUT2D eigenvalue weighted by molar-refractivity contribution is 0.100. The average Bonchev–Trinajstić information content (AvgIpc) is 2.95. The van der Waals surface area contributed by atoms with Gasteiger partial charge >= 0.3 is 0 Å². The molecule has 1 aromatic carbocycles. The van der Waals surface area contributed by atoms with Crippen molar-refractivity contribution in [2.24, 2.45) is 5.84 Å². The summed E-state index contributed by atoms with van der Waals surface area (Å²) in [5.41, 5.74) is 5.03. The summed E-state index contributed by atoms with van der Waals surface area (Å²) >= 11 is 1.68. The van der Waals surface area contributed by atoms with Crippen LogP contribution in [-0.2, 0) is 11.2 Å². The van der Waals surface area contributed by atoms with Gasteiger partial charge < -0.3 is 4.74 Å². The van der Waals surface area contributed by atoms with E-state index in [1.165, 1.54) is 0 Å². The summed E-state index contributed by atoms with van der Waals surface area (Å²) in [5.74, 6) is 5.61. The van der Waals surface area contributed by atoms with Gasteiger partial charge in [-0.05, 0) is 13.3 Å². The van der Waals surface area contributed by atoms with Gasteiger partial charge in [0.15, 0.2) is 0 Å². The largest absolute Gasteiger partial charge is 0.382 e. The number of nitrogens with one attached hydrogen (secondary N) is 1. The summed E-state index contributed by atoms with van der Waals surface area (Å²) in [5, 5.41) is 3.19. The van der Waals surface area contributed by atoms with Gasteiger partial charge in [0, 0.05) is 30.5 Å². The highest BCUT2D eigenvalue weighted by molar-refractivity contribution is 7.09. The maximum Gasteiger partial charge on any atom is 0.0948 e. The summed E-state index contributed by atoms with van der Waals surface area (Å²) in [7, 11) is 1.72. The first-order chi connectivity index (χ1) is 9.72. The molecule has 108 valence electrons. The molecule has 0 radical (unpaired) electrons. The first-order valence-electron chi connectivity index (χ1n) is 6.71. The monoisotopic (exact) mass is 291 g/mol. The molecule has 3 N–H and O–H groups in total. The van der Waals surface area contributed by atoms with Crippen LogP contribution in [0.2, 0.25) is 0 Å². The quantitative estimate of drug-likeness (QED) is 0.608. The predicted octanol–water partition coefficient (Wildman–Crippen LogP) is 2.61. The van der Waals surface area contributed by atoms with Gasteiger partial charge in [-0.3, -0.25) is 11.3 Å². The Morgan fingerprint density at radius 1 is 1.35 bits per heavy atom. The van der Waals surface area contributed by atoms with E-state index in [0.717, 1.165) is 29.1 Å². The third-order valence-corrected chi connectivity index (χ3v) is 4.17. The van der Waals surface area contributed by atoms with E-state index in [2.05, 4.69) is 27.9 Å². The Morgan fingerprint density at radius 2 is 2.10 bits per heavy atom. The van der Waals surface area contributed by atoms with Crippen molar-refractivity contribution in [3.05, 3.63) is 40.7 Å². The number of hydrogen-bond donors (Lipinski definition) is 2. The van der Waals surface area contributed by atoms with Gasteiger partial charge in [0.2, 0.25) is 0 Å². The van der Waals surface area contributed by atoms with Crippen LogP contribution in [0, 0.1) is 0 Å². The van der Waals surface area contributed by atoms with E-state index >= 15 is 0 Å². The van der Waals surface area contributed by atoms with Gasteiger partial charge in [-0.2, -0.15) is 0 Å². The van der Waals surface area contributed by atoms with Crippen molar-refractivity contribution in [1.82, 2.24) is 10.4 Å². The molecule has 1 heterocycles. The zero-order valence-corrected chi connectivity index (χ0v) is 12.7. The summed E-state index contributed by atoms with van der Waals surface area (Å²) < 4.78 is 5.28. The number of nitrogens with two attached hydrogens (primary N) is 1. The fraction of sp³-hybridized carbons (Fsp3) is 0.400. The Hall–Kier alpha value is -1.27. The zero-order valence-electron chi connectivity index (χ0n) is 11.9. The van der Waals surface area contributed by atoms with E-state index in [1.807, 2.05) is 25.1 Å². The minimum absolute atomic E-state index is 0.180. The van der Waals surface area contributed by atoms with Crippen LogP contribution in [0.25, 0.3) is 11.3 Å². The maximum atomic E-state index is 5.61. The standard InChI is InChI=1S/C15H21N3OS/c1-11(19-2)8-13(18-16)9-15-17-14(10-20-15)12-6-4-3-5-7-12/h3-7,10-11,13,18H,8-9,16H2,1-2H3. The van der Waals surface area contributed by atoms with Crippen LogP contribution in [-0.4, -0.2) is 24.2 Å². The van der Waals surface area contributed by atoms with Crippen molar-refractivity contribution < 1.29 is 4.74 Å². The SMILES string of the molecule is COC(C)CC(Cc1nc(-c2ccccc2)cs1)NN. The normalized spacial score (nSPS) is 14.2. The van der Waals surface area contributed by atoms with Crippen molar-refractivity contribution >= 4 is 11.3 Å². The van der Waals surface area contributed by atoms with E-state index in [-0.39, 0.29) is 12.1 Å². The fourth-order valence-corrected chi connectivity index (χ4v) is 2.95. The molecular formula is C15H21N3OS. The lowest BCUT2D eigenvalue weighted by Crippen LogP contribution is -2.39. The van der Waals surface area contributed by atoms with Crippen molar-refractivity contribution in [3.63, 3.8) is 0 Å². The number of thiazole rings is 1. The van der Waals surface area contributed by atoms with Crippen molar-refractivity contribution in [3.8, 4) is 11.3 Å². The summed E-state index contributed by atoms with van der Waals surface area (Å²) in [4.78, 5) is 4.68. The molecule has 2 unspecified atom stereocenters. The first-order valence-corrected chi connectivity index (χ1v) is 7.59. The number of rotatable bonds is 7. The van der Waals surface area contributed by atoms with Crippen LogP contribution < -0.4 is 11.3 Å². The molecule has 2 rings (SSSR count). The van der Waals surface area contributed by atoms with E-state index in [1.54, 1.807) is 18.4 Å². The van der Waals surface area contributed by atoms with Gasteiger partial charge in [-0.25, -0.2) is 4.98 Å². The Labute approximate surface area is 124 Å². The first kappa shape index (κ1) is 15.1. The second kappa shape index (κ2) is 7.50.